The summed E-state index contributed by atoms with van der Waals surface area (Å²) in [5.41, 5.74) is 1.03. The molecule has 2 fully saturated rings. The van der Waals surface area contributed by atoms with Crippen molar-refractivity contribution in [1.29, 1.82) is 0 Å². The maximum atomic E-state index is 12.8. The van der Waals surface area contributed by atoms with Crippen molar-refractivity contribution in [3.63, 3.8) is 0 Å². The van der Waals surface area contributed by atoms with Crippen LogP contribution in [0.15, 0.2) is 36.4 Å². The number of nitrogens with one attached hydrogen (secondary N) is 1. The maximum absolute atomic E-state index is 12.8. The zero-order valence-electron chi connectivity index (χ0n) is 14.8. The molecule has 2 bridgehead atoms. The average Bonchev–Trinajstić information content (AvgIpc) is 3.37. The molecule has 5 unspecified atom stereocenters. The summed E-state index contributed by atoms with van der Waals surface area (Å²) in [6, 6.07) is 7.89. The number of fused-ring (bicyclic) bond motifs is 2. The second-order valence-electron chi connectivity index (χ2n) is 7.45. The van der Waals surface area contributed by atoms with Gasteiger partial charge in [-0.3, -0.25) is 9.59 Å². The summed E-state index contributed by atoms with van der Waals surface area (Å²) in [7, 11) is 1.66. The van der Waals surface area contributed by atoms with Crippen molar-refractivity contribution in [2.24, 2.45) is 23.7 Å². The second-order valence-corrected chi connectivity index (χ2v) is 7.45. The lowest BCUT2D eigenvalue weighted by Crippen LogP contribution is -2.45. The molecule has 26 heavy (non-hydrogen) atoms. The molecule has 0 radical (unpaired) electrons. The number of para-hydroxylation sites is 2. The van der Waals surface area contributed by atoms with Crippen LogP contribution in [0.25, 0.3) is 0 Å². The van der Waals surface area contributed by atoms with Crippen molar-refractivity contribution in [3.8, 4) is 5.75 Å². The summed E-state index contributed by atoms with van der Waals surface area (Å²) in [5, 5.41) is 12.6. The molecule has 0 spiro atoms. The van der Waals surface area contributed by atoms with Gasteiger partial charge in [-0.25, -0.2) is 0 Å². The third kappa shape index (κ3) is 2.83. The minimum absolute atomic E-state index is 0.00177. The fourth-order valence-electron chi connectivity index (χ4n) is 4.80. The summed E-state index contributed by atoms with van der Waals surface area (Å²) in [6.45, 7) is 1.55. The van der Waals surface area contributed by atoms with Gasteiger partial charge < -0.3 is 20.1 Å². The number of nitrogens with zero attached hydrogens (tertiary/aromatic N) is 1. The maximum Gasteiger partial charge on any atom is 0.307 e. The number of carboxylic acid groups (broad SMARTS) is 1. The lowest BCUT2D eigenvalue weighted by atomic mass is 9.82. The molecule has 4 rings (SSSR count). The van der Waals surface area contributed by atoms with Gasteiger partial charge in [0.15, 0.2) is 0 Å². The highest BCUT2D eigenvalue weighted by atomic mass is 16.5. The third-order valence-corrected chi connectivity index (χ3v) is 6.01. The Morgan fingerprint density at radius 1 is 1.19 bits per heavy atom. The van der Waals surface area contributed by atoms with Gasteiger partial charge in [0.05, 0.1) is 24.6 Å². The van der Waals surface area contributed by atoms with E-state index in [-0.39, 0.29) is 23.8 Å². The highest BCUT2D eigenvalue weighted by Gasteiger charge is 2.51. The van der Waals surface area contributed by atoms with Crippen molar-refractivity contribution in [3.05, 3.63) is 36.4 Å². The number of carbonyl (C=O) groups is 2. The van der Waals surface area contributed by atoms with Crippen LogP contribution in [-0.2, 0) is 9.59 Å². The van der Waals surface area contributed by atoms with Crippen molar-refractivity contribution in [2.75, 3.05) is 25.1 Å². The van der Waals surface area contributed by atoms with E-state index in [0.717, 1.165) is 30.8 Å². The lowest BCUT2D eigenvalue weighted by Gasteiger charge is -2.26. The van der Waals surface area contributed by atoms with Crippen LogP contribution in [0.5, 0.6) is 5.75 Å². The number of rotatable bonds is 5. The van der Waals surface area contributed by atoms with Crippen LogP contribution in [-0.4, -0.2) is 43.2 Å². The lowest BCUT2D eigenvalue weighted by molar-refractivity contribution is -0.148. The Kier molecular flexibility index (Phi) is 4.34. The molecule has 6 nitrogen and oxygen atoms in total. The van der Waals surface area contributed by atoms with Gasteiger partial charge in [-0.1, -0.05) is 24.3 Å². The number of hydrogen-bond acceptors (Lipinski definition) is 4. The minimum atomic E-state index is -0.857. The number of aliphatic carboxylic acids is 1. The number of carboxylic acids is 1. The van der Waals surface area contributed by atoms with Gasteiger partial charge in [0.2, 0.25) is 5.91 Å². The van der Waals surface area contributed by atoms with Gasteiger partial charge in [-0.15, -0.1) is 0 Å². The topological polar surface area (TPSA) is 78.9 Å². The van der Waals surface area contributed by atoms with E-state index in [2.05, 4.69) is 10.2 Å². The Morgan fingerprint density at radius 2 is 1.92 bits per heavy atom. The molecule has 2 N–H and O–H groups in total. The fraction of sp³-hybridized carbons (Fsp3) is 0.500. The summed E-state index contributed by atoms with van der Waals surface area (Å²) < 4.78 is 5.43. The predicted octanol–water partition coefficient (Wildman–Crippen LogP) is 1.91. The first-order valence-corrected chi connectivity index (χ1v) is 9.18. The van der Waals surface area contributed by atoms with Crippen molar-refractivity contribution < 1.29 is 19.4 Å². The van der Waals surface area contributed by atoms with E-state index in [4.69, 9.17) is 4.74 Å². The van der Waals surface area contributed by atoms with Crippen LogP contribution >= 0.6 is 0 Å². The molecule has 5 atom stereocenters. The molecule has 1 aromatic rings. The Hall–Kier alpha value is -2.50. The molecule has 2 aliphatic carbocycles. The van der Waals surface area contributed by atoms with Crippen LogP contribution in [0.1, 0.15) is 12.8 Å². The molecule has 3 aliphatic rings. The number of hydrogen-bond donors (Lipinski definition) is 2. The fourth-order valence-corrected chi connectivity index (χ4v) is 4.80. The van der Waals surface area contributed by atoms with E-state index in [1.165, 1.54) is 0 Å². The largest absolute Gasteiger partial charge is 0.495 e. The van der Waals surface area contributed by atoms with Crippen LogP contribution in [0.3, 0.4) is 0 Å². The van der Waals surface area contributed by atoms with Gasteiger partial charge in [-0.05, 0) is 36.8 Å². The smallest absolute Gasteiger partial charge is 0.307 e. The Balaban J connectivity index is 1.42. The van der Waals surface area contributed by atoms with Crippen LogP contribution in [0, 0.1) is 23.7 Å². The van der Waals surface area contributed by atoms with Crippen molar-refractivity contribution in [2.45, 2.75) is 18.9 Å². The van der Waals surface area contributed by atoms with Crippen molar-refractivity contribution >= 4 is 17.6 Å². The average molecular weight is 356 g/mol. The highest BCUT2D eigenvalue weighted by Crippen LogP contribution is 2.48. The molecular formula is C20H24N2O4. The SMILES string of the molecule is COc1ccccc1N1CCC(NC(=O)C2C3C=CC(C3)C2C(=O)O)C1. The number of benzene rings is 1. The zero-order valence-corrected chi connectivity index (χ0v) is 14.8. The quantitative estimate of drug-likeness (QED) is 0.788. The Bertz CT molecular complexity index is 747. The number of methoxy groups -OCH3 is 1. The molecule has 1 amide bonds. The van der Waals surface area contributed by atoms with Gasteiger partial charge in [0.25, 0.3) is 0 Å². The van der Waals surface area contributed by atoms with E-state index in [0.29, 0.717) is 6.54 Å². The van der Waals surface area contributed by atoms with Crippen LogP contribution in [0.4, 0.5) is 5.69 Å². The first-order chi connectivity index (χ1) is 12.6. The molecule has 0 aromatic heterocycles. The summed E-state index contributed by atoms with van der Waals surface area (Å²) >= 11 is 0. The summed E-state index contributed by atoms with van der Waals surface area (Å²) in [6.07, 6.45) is 5.61. The van der Waals surface area contributed by atoms with Gasteiger partial charge in [-0.2, -0.15) is 0 Å². The first-order valence-electron chi connectivity index (χ1n) is 9.18. The van der Waals surface area contributed by atoms with E-state index in [1.807, 2.05) is 36.4 Å². The standard InChI is InChI=1S/C20H24N2O4/c1-26-16-5-3-2-4-15(16)22-9-8-14(11-22)21-19(23)17-12-6-7-13(10-12)18(17)20(24)25/h2-7,12-14,17-18H,8-11H2,1H3,(H,21,23)(H,24,25). The van der Waals surface area contributed by atoms with E-state index in [9.17, 15) is 14.7 Å². The summed E-state index contributed by atoms with van der Waals surface area (Å²) in [5.74, 6) is -1.11. The minimum Gasteiger partial charge on any atom is -0.495 e. The number of allylic oxidation sites excluding steroid dienone is 2. The molecular weight excluding hydrogens is 332 g/mol. The molecule has 1 aromatic carbocycles. The second kappa shape index (κ2) is 6.67. The van der Waals surface area contributed by atoms with Crippen LogP contribution < -0.4 is 15.0 Å². The van der Waals surface area contributed by atoms with E-state index < -0.39 is 17.8 Å². The molecule has 1 saturated heterocycles. The monoisotopic (exact) mass is 356 g/mol. The normalized spacial score (nSPS) is 32.0. The number of amides is 1. The van der Waals surface area contributed by atoms with Gasteiger partial charge in [0, 0.05) is 19.1 Å². The van der Waals surface area contributed by atoms with Gasteiger partial charge >= 0.3 is 5.97 Å². The molecule has 1 saturated carbocycles. The molecule has 1 heterocycles. The zero-order chi connectivity index (χ0) is 18.3. The predicted molar refractivity (Wildman–Crippen MR) is 97.1 cm³/mol. The van der Waals surface area contributed by atoms with E-state index >= 15 is 0 Å². The van der Waals surface area contributed by atoms with E-state index in [1.54, 1.807) is 7.11 Å². The van der Waals surface area contributed by atoms with Crippen molar-refractivity contribution in [1.82, 2.24) is 5.32 Å². The van der Waals surface area contributed by atoms with Crippen LogP contribution in [0.2, 0.25) is 0 Å². The Morgan fingerprint density at radius 3 is 2.65 bits per heavy atom. The number of ether oxygens (including phenoxy) is 1. The number of anilines is 1. The number of carbonyl (C=O) groups excluding carboxylic acids is 1. The first kappa shape index (κ1) is 16.9. The Labute approximate surface area is 152 Å². The molecule has 6 heteroatoms. The summed E-state index contributed by atoms with van der Waals surface area (Å²) in [4.78, 5) is 26.6. The van der Waals surface area contributed by atoms with Gasteiger partial charge in [0.1, 0.15) is 5.75 Å². The highest BCUT2D eigenvalue weighted by molar-refractivity contribution is 5.87. The third-order valence-electron chi connectivity index (χ3n) is 6.01. The molecule has 138 valence electrons. The molecule has 1 aliphatic heterocycles.